The van der Waals surface area contributed by atoms with Crippen molar-refractivity contribution in [3.8, 4) is 0 Å². The number of amides is 1. The third-order valence-corrected chi connectivity index (χ3v) is 3.08. The first kappa shape index (κ1) is 10.3. The molecule has 1 amide bonds. The molecule has 15 heavy (non-hydrogen) atoms. The van der Waals surface area contributed by atoms with Gasteiger partial charge < -0.3 is 9.73 Å². The Labute approximate surface area is 89.9 Å². The van der Waals surface area contributed by atoms with E-state index in [9.17, 15) is 4.79 Å². The second kappa shape index (κ2) is 3.72. The van der Waals surface area contributed by atoms with Crippen molar-refractivity contribution < 1.29 is 9.21 Å². The van der Waals surface area contributed by atoms with E-state index in [1.807, 2.05) is 12.1 Å². The van der Waals surface area contributed by atoms with Crippen LogP contribution in [0.5, 0.6) is 0 Å². The van der Waals surface area contributed by atoms with E-state index in [0.717, 1.165) is 18.6 Å². The number of hydrogen-bond donors (Lipinski definition) is 1. The second-order valence-corrected chi connectivity index (χ2v) is 4.87. The Morgan fingerprint density at radius 2 is 2.40 bits per heavy atom. The monoisotopic (exact) mass is 207 g/mol. The molecule has 0 saturated heterocycles. The van der Waals surface area contributed by atoms with Gasteiger partial charge in [-0.1, -0.05) is 13.8 Å². The van der Waals surface area contributed by atoms with Gasteiger partial charge in [0.25, 0.3) is 0 Å². The van der Waals surface area contributed by atoms with Gasteiger partial charge in [-0.15, -0.1) is 0 Å². The first-order chi connectivity index (χ1) is 7.09. The predicted octanol–water partition coefficient (Wildman–Crippen LogP) is 1.98. The van der Waals surface area contributed by atoms with Crippen LogP contribution in [0.2, 0.25) is 0 Å². The topological polar surface area (TPSA) is 42.2 Å². The van der Waals surface area contributed by atoms with Crippen LogP contribution >= 0.6 is 0 Å². The van der Waals surface area contributed by atoms with Crippen molar-refractivity contribution in [3.63, 3.8) is 0 Å². The highest BCUT2D eigenvalue weighted by Gasteiger charge is 2.50. The Morgan fingerprint density at radius 1 is 1.67 bits per heavy atom. The molecule has 0 radical (unpaired) electrons. The first-order valence-corrected chi connectivity index (χ1v) is 5.40. The zero-order valence-electron chi connectivity index (χ0n) is 9.25. The molecule has 0 aromatic carbocycles. The Morgan fingerprint density at radius 3 is 2.93 bits per heavy atom. The Kier molecular flexibility index (Phi) is 2.55. The van der Waals surface area contributed by atoms with Crippen molar-refractivity contribution in [2.75, 3.05) is 6.54 Å². The van der Waals surface area contributed by atoms with Crippen LogP contribution in [0.4, 0.5) is 0 Å². The number of carbonyl (C=O) groups excluding carboxylic acids is 1. The number of furan rings is 1. The summed E-state index contributed by atoms with van der Waals surface area (Å²) < 4.78 is 5.18. The Bertz CT molecular complexity index is 341. The molecular weight excluding hydrogens is 190 g/mol. The molecule has 1 heterocycles. The molecule has 1 aromatic rings. The molecule has 1 aromatic heterocycles. The van der Waals surface area contributed by atoms with Crippen LogP contribution in [0, 0.1) is 11.3 Å². The van der Waals surface area contributed by atoms with Gasteiger partial charge in [-0.25, -0.2) is 0 Å². The first-order valence-electron chi connectivity index (χ1n) is 5.40. The molecular formula is C12H17NO2. The highest BCUT2D eigenvalue weighted by Crippen LogP contribution is 2.51. The summed E-state index contributed by atoms with van der Waals surface area (Å²) in [5.41, 5.74) is 0.217. The second-order valence-electron chi connectivity index (χ2n) is 4.87. The van der Waals surface area contributed by atoms with Crippen molar-refractivity contribution >= 4 is 5.91 Å². The average molecular weight is 207 g/mol. The molecule has 1 aliphatic carbocycles. The van der Waals surface area contributed by atoms with Gasteiger partial charge in [0.2, 0.25) is 5.91 Å². The van der Waals surface area contributed by atoms with Crippen LogP contribution in [0.25, 0.3) is 0 Å². The zero-order valence-corrected chi connectivity index (χ0v) is 9.25. The van der Waals surface area contributed by atoms with Crippen molar-refractivity contribution in [1.29, 1.82) is 0 Å². The maximum absolute atomic E-state index is 11.6. The lowest BCUT2D eigenvalue weighted by molar-refractivity contribution is -0.122. The summed E-state index contributed by atoms with van der Waals surface area (Å²) in [5, 5.41) is 2.94. The number of nitrogens with one attached hydrogen (secondary N) is 1. The van der Waals surface area contributed by atoms with Gasteiger partial charge in [0, 0.05) is 18.9 Å². The summed E-state index contributed by atoms with van der Waals surface area (Å²) in [5.74, 6) is 1.33. The number of carbonyl (C=O) groups is 1. The predicted molar refractivity (Wildman–Crippen MR) is 57.3 cm³/mol. The van der Waals surface area contributed by atoms with Crippen LogP contribution in [-0.2, 0) is 11.2 Å². The smallest absolute Gasteiger partial charge is 0.223 e. The van der Waals surface area contributed by atoms with Crippen LogP contribution in [-0.4, -0.2) is 12.5 Å². The van der Waals surface area contributed by atoms with Gasteiger partial charge in [0.05, 0.1) is 6.26 Å². The highest BCUT2D eigenvalue weighted by atomic mass is 16.3. The fourth-order valence-electron chi connectivity index (χ4n) is 1.80. The minimum Gasteiger partial charge on any atom is -0.469 e. The van der Waals surface area contributed by atoms with Crippen molar-refractivity contribution in [1.82, 2.24) is 5.32 Å². The van der Waals surface area contributed by atoms with E-state index in [4.69, 9.17) is 4.42 Å². The molecule has 0 bridgehead atoms. The molecule has 1 fully saturated rings. The molecule has 1 saturated carbocycles. The van der Waals surface area contributed by atoms with E-state index in [1.165, 1.54) is 0 Å². The molecule has 82 valence electrons. The standard InChI is InChI=1S/C12H17NO2/c1-12(2)8-10(12)11(14)13-6-5-9-4-3-7-15-9/h3-4,7,10H,5-6,8H2,1-2H3,(H,13,14). The van der Waals surface area contributed by atoms with E-state index in [0.29, 0.717) is 6.54 Å². The van der Waals surface area contributed by atoms with Gasteiger partial charge in [0.15, 0.2) is 0 Å². The van der Waals surface area contributed by atoms with Gasteiger partial charge in [-0.05, 0) is 24.0 Å². The lowest BCUT2D eigenvalue weighted by Crippen LogP contribution is -2.28. The largest absolute Gasteiger partial charge is 0.469 e. The third-order valence-electron chi connectivity index (χ3n) is 3.08. The fraction of sp³-hybridized carbons (Fsp3) is 0.583. The molecule has 1 unspecified atom stereocenters. The van der Waals surface area contributed by atoms with Crippen LogP contribution < -0.4 is 5.32 Å². The van der Waals surface area contributed by atoms with Crippen LogP contribution in [0.3, 0.4) is 0 Å². The van der Waals surface area contributed by atoms with Gasteiger partial charge >= 0.3 is 0 Å². The molecule has 0 aliphatic heterocycles. The normalized spacial score (nSPS) is 22.4. The van der Waals surface area contributed by atoms with E-state index in [-0.39, 0.29) is 17.2 Å². The molecule has 1 N–H and O–H groups in total. The lowest BCUT2D eigenvalue weighted by Gasteiger charge is -2.05. The number of hydrogen-bond acceptors (Lipinski definition) is 2. The van der Waals surface area contributed by atoms with Gasteiger partial charge in [0.1, 0.15) is 5.76 Å². The van der Waals surface area contributed by atoms with E-state index < -0.39 is 0 Å². The molecule has 2 rings (SSSR count). The Balaban J connectivity index is 1.69. The molecule has 1 atom stereocenters. The fourth-order valence-corrected chi connectivity index (χ4v) is 1.80. The maximum Gasteiger partial charge on any atom is 0.223 e. The van der Waals surface area contributed by atoms with Gasteiger partial charge in [-0.2, -0.15) is 0 Å². The molecule has 1 aliphatic rings. The van der Waals surface area contributed by atoms with Crippen molar-refractivity contribution in [2.45, 2.75) is 26.7 Å². The zero-order chi connectivity index (χ0) is 10.9. The maximum atomic E-state index is 11.6. The van der Waals surface area contributed by atoms with E-state index in [2.05, 4.69) is 19.2 Å². The van der Waals surface area contributed by atoms with Crippen LogP contribution in [0.15, 0.2) is 22.8 Å². The van der Waals surface area contributed by atoms with Crippen molar-refractivity contribution in [3.05, 3.63) is 24.2 Å². The third kappa shape index (κ3) is 2.41. The van der Waals surface area contributed by atoms with E-state index >= 15 is 0 Å². The number of rotatable bonds is 4. The molecule has 3 heteroatoms. The summed E-state index contributed by atoms with van der Waals surface area (Å²) in [6.45, 7) is 4.92. The summed E-state index contributed by atoms with van der Waals surface area (Å²) in [4.78, 5) is 11.6. The van der Waals surface area contributed by atoms with E-state index in [1.54, 1.807) is 6.26 Å². The highest BCUT2D eigenvalue weighted by molar-refractivity contribution is 5.82. The minimum absolute atomic E-state index is 0.187. The lowest BCUT2D eigenvalue weighted by atomic mass is 10.1. The molecule has 3 nitrogen and oxygen atoms in total. The average Bonchev–Trinajstić information content (AvgIpc) is 2.65. The summed E-state index contributed by atoms with van der Waals surface area (Å²) in [6.07, 6.45) is 3.44. The summed E-state index contributed by atoms with van der Waals surface area (Å²) in [6, 6.07) is 3.79. The summed E-state index contributed by atoms with van der Waals surface area (Å²) >= 11 is 0. The van der Waals surface area contributed by atoms with Gasteiger partial charge in [-0.3, -0.25) is 4.79 Å². The Hall–Kier alpha value is -1.25. The minimum atomic E-state index is 0.187. The quantitative estimate of drug-likeness (QED) is 0.820. The molecule has 0 spiro atoms. The SMILES string of the molecule is CC1(C)CC1C(=O)NCCc1ccco1. The van der Waals surface area contributed by atoms with Crippen molar-refractivity contribution in [2.24, 2.45) is 11.3 Å². The van der Waals surface area contributed by atoms with Crippen LogP contribution in [0.1, 0.15) is 26.0 Å². The summed E-state index contributed by atoms with van der Waals surface area (Å²) in [7, 11) is 0.